The van der Waals surface area contributed by atoms with Crippen molar-refractivity contribution in [2.75, 3.05) is 31.7 Å². The van der Waals surface area contributed by atoms with Gasteiger partial charge in [0.2, 0.25) is 10.0 Å². The molecule has 7 rings (SSSR count). The van der Waals surface area contributed by atoms with Gasteiger partial charge in [-0.1, -0.05) is 61.0 Å². The second-order valence-corrected chi connectivity index (χ2v) is 17.1. The predicted octanol–water partition coefficient (Wildman–Crippen LogP) is 6.69. The first kappa shape index (κ1) is 34.8. The molecule has 6 atom stereocenters. The van der Waals surface area contributed by atoms with Gasteiger partial charge in [0.05, 0.1) is 17.5 Å². The van der Waals surface area contributed by atoms with E-state index in [-0.39, 0.29) is 35.2 Å². The van der Waals surface area contributed by atoms with Gasteiger partial charge >= 0.3 is 0 Å². The molecule has 1 spiro atoms. The molecular weight excluding hydrogens is 672 g/mol. The highest BCUT2D eigenvalue weighted by atomic mass is 35.5. The lowest BCUT2D eigenvalue weighted by Crippen LogP contribution is -2.53. The smallest absolute Gasteiger partial charge is 0.264 e. The van der Waals surface area contributed by atoms with Crippen molar-refractivity contribution >= 4 is 39.5 Å². The van der Waals surface area contributed by atoms with Gasteiger partial charge in [-0.2, -0.15) is 0 Å². The van der Waals surface area contributed by atoms with Crippen molar-refractivity contribution in [2.24, 2.45) is 17.8 Å². The molecule has 2 aliphatic carbocycles. The highest BCUT2D eigenvalue weighted by molar-refractivity contribution is 7.90. The van der Waals surface area contributed by atoms with Gasteiger partial charge in [-0.3, -0.25) is 9.59 Å². The molecule has 0 saturated heterocycles. The monoisotopic (exact) mass is 716 g/mol. The van der Waals surface area contributed by atoms with E-state index < -0.39 is 26.8 Å². The number of sulfonamides is 1. The summed E-state index contributed by atoms with van der Waals surface area (Å²) < 4.78 is 43.2. The molecule has 50 heavy (non-hydrogen) atoms. The van der Waals surface area contributed by atoms with Gasteiger partial charge in [-0.25, -0.2) is 13.1 Å². The van der Waals surface area contributed by atoms with E-state index in [9.17, 15) is 18.0 Å². The van der Waals surface area contributed by atoms with Crippen LogP contribution < -0.4 is 14.4 Å². The standard InChI is InChI=1S/C40H45ClN2O6S/c1-27-8-6-19-40(25-44,48-2)34-15-12-31(34)23-43-24-39(18-7-11-29-21-32(41)14-16-33(29)39)26-49-36-17-13-30(22-35(36)43)38(45)42-50(46,47)37(27)20-28-9-4-3-5-10-28/h3-6,9-10,13-14,16-17,19,21-22,25,27,31,34,37H,7-8,11-12,15,18,20,23-24,26H2,1-2H3,(H,42,45)/b19-6+/t27-,31-,34+,37-,39-,40+/m0/s1. The first-order valence-corrected chi connectivity index (χ1v) is 19.6. The van der Waals surface area contributed by atoms with Crippen LogP contribution in [0, 0.1) is 17.8 Å². The molecule has 8 nitrogen and oxygen atoms in total. The Kier molecular flexibility index (Phi) is 9.60. The van der Waals surface area contributed by atoms with Gasteiger partial charge in [0.25, 0.3) is 5.91 Å². The van der Waals surface area contributed by atoms with Crippen molar-refractivity contribution in [1.82, 2.24) is 4.72 Å². The van der Waals surface area contributed by atoms with Gasteiger partial charge < -0.3 is 14.4 Å². The fourth-order valence-corrected chi connectivity index (χ4v) is 10.6. The van der Waals surface area contributed by atoms with Gasteiger partial charge in [-0.05, 0) is 110 Å². The Morgan fingerprint density at radius 3 is 2.66 bits per heavy atom. The van der Waals surface area contributed by atoms with Crippen LogP contribution in [0.5, 0.6) is 5.75 Å². The van der Waals surface area contributed by atoms with Crippen LogP contribution in [0.3, 0.4) is 0 Å². The van der Waals surface area contributed by atoms with E-state index in [2.05, 4.69) is 21.8 Å². The topological polar surface area (TPSA) is 102 Å². The third-order valence-corrected chi connectivity index (χ3v) is 13.9. The number of hydrogen-bond acceptors (Lipinski definition) is 7. The fourth-order valence-electron chi connectivity index (χ4n) is 8.78. The lowest BCUT2D eigenvalue weighted by atomic mass is 9.64. The average molecular weight is 717 g/mol. The van der Waals surface area contributed by atoms with Crippen molar-refractivity contribution < 1.29 is 27.5 Å². The first-order chi connectivity index (χ1) is 24.1. The molecule has 10 heteroatoms. The van der Waals surface area contributed by atoms with E-state index in [1.165, 1.54) is 11.1 Å². The zero-order valence-electron chi connectivity index (χ0n) is 28.6. The molecule has 1 amide bonds. The van der Waals surface area contributed by atoms with E-state index in [1.807, 2.05) is 55.5 Å². The maximum Gasteiger partial charge on any atom is 0.264 e. The number of aldehydes is 1. The molecule has 0 radical (unpaired) electrons. The molecule has 2 heterocycles. The SMILES string of the molecule is CO[C@@]1(C=O)/C=C/C[C@H](C)[C@H](Cc2ccccc2)S(=O)(=O)NC(=O)c2ccc3c(c2)N(C[C@@H]2CC[C@H]21)C[C@@]1(CCCc2cc(Cl)ccc21)CO3. The van der Waals surface area contributed by atoms with Crippen molar-refractivity contribution in [3.05, 3.63) is 106 Å². The van der Waals surface area contributed by atoms with Gasteiger partial charge in [-0.15, -0.1) is 0 Å². The summed E-state index contributed by atoms with van der Waals surface area (Å²) in [5.74, 6) is -0.333. The molecule has 0 aromatic heterocycles. The highest BCUT2D eigenvalue weighted by Gasteiger charge is 2.49. The van der Waals surface area contributed by atoms with Crippen LogP contribution >= 0.6 is 11.6 Å². The number of halogens is 1. The quantitative estimate of drug-likeness (QED) is 0.237. The Morgan fingerprint density at radius 1 is 1.10 bits per heavy atom. The molecule has 3 aromatic carbocycles. The van der Waals surface area contributed by atoms with Crippen LogP contribution in [-0.2, 0) is 37.8 Å². The van der Waals surface area contributed by atoms with Crippen LogP contribution in [0.25, 0.3) is 0 Å². The maximum absolute atomic E-state index is 14.1. The lowest BCUT2D eigenvalue weighted by Gasteiger charge is -2.48. The summed E-state index contributed by atoms with van der Waals surface area (Å²) in [6.07, 6.45) is 9.86. The number of nitrogens with zero attached hydrogens (tertiary/aromatic N) is 1. The molecule has 1 N–H and O–H groups in total. The largest absolute Gasteiger partial charge is 0.490 e. The van der Waals surface area contributed by atoms with Crippen molar-refractivity contribution in [2.45, 2.75) is 68.1 Å². The van der Waals surface area contributed by atoms with E-state index in [0.717, 1.165) is 49.6 Å². The maximum atomic E-state index is 14.1. The number of benzene rings is 3. The number of hydrogen-bond donors (Lipinski definition) is 1. The Morgan fingerprint density at radius 2 is 1.92 bits per heavy atom. The van der Waals surface area contributed by atoms with Crippen LogP contribution in [0.2, 0.25) is 5.02 Å². The summed E-state index contributed by atoms with van der Waals surface area (Å²) in [5.41, 5.74) is 2.83. The third kappa shape index (κ3) is 6.48. The van der Waals surface area contributed by atoms with Crippen LogP contribution in [0.4, 0.5) is 5.69 Å². The number of carbonyl (C=O) groups is 2. The number of carbonyl (C=O) groups excluding carboxylic acids is 2. The van der Waals surface area contributed by atoms with Crippen molar-refractivity contribution in [3.8, 4) is 5.75 Å². The number of anilines is 1. The van der Waals surface area contributed by atoms with E-state index >= 15 is 0 Å². The normalized spacial score (nSPS) is 31.2. The number of fused-ring (bicyclic) bond motifs is 4. The molecule has 0 unspecified atom stereocenters. The minimum Gasteiger partial charge on any atom is -0.490 e. The Hall–Kier alpha value is -3.66. The van der Waals surface area contributed by atoms with Crippen LogP contribution in [0.15, 0.2) is 78.9 Å². The summed E-state index contributed by atoms with van der Waals surface area (Å²) >= 11 is 6.44. The summed E-state index contributed by atoms with van der Waals surface area (Å²) in [7, 11) is -2.56. The van der Waals surface area contributed by atoms with E-state index in [4.69, 9.17) is 21.1 Å². The molecule has 4 aliphatic rings. The Bertz CT molecular complexity index is 1900. The van der Waals surface area contributed by atoms with Gasteiger partial charge in [0.1, 0.15) is 11.4 Å². The number of allylic oxidation sites excluding steroid dienone is 1. The highest BCUT2D eigenvalue weighted by Crippen LogP contribution is 2.48. The summed E-state index contributed by atoms with van der Waals surface area (Å²) in [6.45, 7) is 3.58. The Labute approximate surface area is 300 Å². The lowest BCUT2D eigenvalue weighted by molar-refractivity contribution is -0.135. The minimum atomic E-state index is -4.14. The number of nitrogens with one attached hydrogen (secondary N) is 1. The second-order valence-electron chi connectivity index (χ2n) is 14.7. The first-order valence-electron chi connectivity index (χ1n) is 17.7. The zero-order chi connectivity index (χ0) is 35.1. The van der Waals surface area contributed by atoms with Gasteiger partial charge in [0.15, 0.2) is 6.29 Å². The molecular formula is C40H45ClN2O6S. The summed E-state index contributed by atoms with van der Waals surface area (Å²) in [6, 6.07) is 20.8. The summed E-state index contributed by atoms with van der Waals surface area (Å²) in [4.78, 5) is 29.1. The number of aryl methyl sites for hydroxylation is 1. The van der Waals surface area contributed by atoms with E-state index in [0.29, 0.717) is 36.9 Å². The van der Waals surface area contributed by atoms with Crippen LogP contribution in [0.1, 0.15) is 66.1 Å². The second kappa shape index (κ2) is 13.8. The number of amides is 1. The molecule has 2 aliphatic heterocycles. The molecule has 1 fully saturated rings. The molecule has 1 saturated carbocycles. The zero-order valence-corrected chi connectivity index (χ0v) is 30.2. The average Bonchev–Trinajstić information content (AvgIpc) is 3.24. The molecule has 3 aromatic rings. The summed E-state index contributed by atoms with van der Waals surface area (Å²) in [5, 5.41) is -0.193. The molecule has 2 bridgehead atoms. The van der Waals surface area contributed by atoms with Crippen molar-refractivity contribution in [1.29, 1.82) is 0 Å². The third-order valence-electron chi connectivity index (χ3n) is 11.7. The number of methoxy groups -OCH3 is 1. The van der Waals surface area contributed by atoms with Crippen molar-refractivity contribution in [3.63, 3.8) is 0 Å². The fraction of sp³-hybridized carbons (Fsp3) is 0.450. The molecule has 264 valence electrons. The van der Waals surface area contributed by atoms with Gasteiger partial charge in [0, 0.05) is 42.1 Å². The number of rotatable bonds is 4. The predicted molar refractivity (Wildman–Crippen MR) is 195 cm³/mol. The number of ether oxygens (including phenoxy) is 2. The minimum absolute atomic E-state index is 0.0687. The van der Waals surface area contributed by atoms with Crippen LogP contribution in [-0.4, -0.2) is 58.3 Å². The van der Waals surface area contributed by atoms with E-state index in [1.54, 1.807) is 25.3 Å². The Balaban J connectivity index is 1.32.